The summed E-state index contributed by atoms with van der Waals surface area (Å²) in [6.45, 7) is 4.16. The van der Waals surface area contributed by atoms with Crippen LogP contribution in [0.1, 0.15) is 30.6 Å². The predicted octanol–water partition coefficient (Wildman–Crippen LogP) is 3.38. The molecule has 0 saturated heterocycles. The largest absolute Gasteiger partial charge is 0.478 e. The summed E-state index contributed by atoms with van der Waals surface area (Å²) in [4.78, 5) is 13.1. The molecule has 0 heterocycles. The van der Waals surface area contributed by atoms with E-state index in [0.29, 0.717) is 11.6 Å². The van der Waals surface area contributed by atoms with Crippen molar-refractivity contribution in [3.05, 3.63) is 28.2 Å². The topological polar surface area (TPSA) is 40.5 Å². The highest BCUT2D eigenvalue weighted by molar-refractivity contribution is 9.10. The number of carbonyl (C=O) groups is 1. The molecule has 4 heteroatoms. The second-order valence-corrected chi connectivity index (χ2v) is 4.75. The third-order valence-electron chi connectivity index (χ3n) is 2.82. The fraction of sp³-hybridized carbons (Fsp3) is 0.417. The van der Waals surface area contributed by atoms with Crippen LogP contribution in [0.15, 0.2) is 22.7 Å². The molecule has 0 amide bonds. The molecular formula is C12H16BrNO2. The van der Waals surface area contributed by atoms with E-state index >= 15 is 0 Å². The van der Waals surface area contributed by atoms with E-state index in [9.17, 15) is 4.79 Å². The molecule has 0 fully saturated rings. The second-order valence-electron chi connectivity index (χ2n) is 3.83. The summed E-state index contributed by atoms with van der Waals surface area (Å²) in [6, 6.07) is 5.65. The molecule has 0 aliphatic rings. The number of benzene rings is 1. The van der Waals surface area contributed by atoms with Gasteiger partial charge in [0.15, 0.2) is 0 Å². The van der Waals surface area contributed by atoms with E-state index in [1.165, 1.54) is 0 Å². The minimum absolute atomic E-state index is 0.319. The molecule has 88 valence electrons. The van der Waals surface area contributed by atoms with Crippen molar-refractivity contribution in [2.45, 2.75) is 26.3 Å². The molecule has 1 aromatic carbocycles. The molecule has 1 rings (SSSR count). The Morgan fingerprint density at radius 2 is 2.19 bits per heavy atom. The van der Waals surface area contributed by atoms with Gasteiger partial charge in [0.05, 0.1) is 11.3 Å². The maximum absolute atomic E-state index is 11.1. The summed E-state index contributed by atoms with van der Waals surface area (Å²) in [6.07, 6.45) is 0.978. The Morgan fingerprint density at radius 3 is 2.69 bits per heavy atom. The fourth-order valence-corrected chi connectivity index (χ4v) is 1.86. The van der Waals surface area contributed by atoms with Crippen molar-refractivity contribution in [3.8, 4) is 0 Å². The van der Waals surface area contributed by atoms with Crippen LogP contribution in [0.3, 0.4) is 0 Å². The average Bonchev–Trinajstić information content (AvgIpc) is 2.26. The predicted molar refractivity (Wildman–Crippen MR) is 69.3 cm³/mol. The van der Waals surface area contributed by atoms with Gasteiger partial charge in [0.2, 0.25) is 0 Å². The lowest BCUT2D eigenvalue weighted by Gasteiger charge is -2.27. The number of hydrogen-bond acceptors (Lipinski definition) is 2. The molecule has 0 aromatic heterocycles. The Labute approximate surface area is 104 Å². The summed E-state index contributed by atoms with van der Waals surface area (Å²) in [5.41, 5.74) is 1.09. The van der Waals surface area contributed by atoms with Gasteiger partial charge in [0.25, 0.3) is 0 Å². The molecule has 1 N–H and O–H groups in total. The Bertz CT molecular complexity index is 393. The lowest BCUT2D eigenvalue weighted by molar-refractivity contribution is 0.0697. The molecule has 1 aromatic rings. The van der Waals surface area contributed by atoms with Crippen LogP contribution in [0.5, 0.6) is 0 Å². The van der Waals surface area contributed by atoms with E-state index in [4.69, 9.17) is 5.11 Å². The Morgan fingerprint density at radius 1 is 1.56 bits per heavy atom. The van der Waals surface area contributed by atoms with Gasteiger partial charge < -0.3 is 10.0 Å². The van der Waals surface area contributed by atoms with Crippen molar-refractivity contribution in [1.82, 2.24) is 0 Å². The SMILES string of the molecule is CCC(C)N(C)c1ccc(Br)cc1C(=O)O. The maximum Gasteiger partial charge on any atom is 0.337 e. The van der Waals surface area contributed by atoms with Crippen LogP contribution in [0.4, 0.5) is 5.69 Å². The number of carboxylic acid groups (broad SMARTS) is 1. The van der Waals surface area contributed by atoms with Gasteiger partial charge >= 0.3 is 5.97 Å². The molecule has 0 bridgehead atoms. The fourth-order valence-electron chi connectivity index (χ4n) is 1.50. The van der Waals surface area contributed by atoms with E-state index in [-0.39, 0.29) is 0 Å². The number of anilines is 1. The lowest BCUT2D eigenvalue weighted by atomic mass is 10.1. The minimum Gasteiger partial charge on any atom is -0.478 e. The molecule has 0 aliphatic carbocycles. The van der Waals surface area contributed by atoms with Gasteiger partial charge in [-0.25, -0.2) is 4.79 Å². The number of rotatable bonds is 4. The van der Waals surface area contributed by atoms with Crippen LogP contribution >= 0.6 is 15.9 Å². The van der Waals surface area contributed by atoms with Gasteiger partial charge in [-0.2, -0.15) is 0 Å². The van der Waals surface area contributed by atoms with Crippen LogP contribution in [-0.4, -0.2) is 24.2 Å². The van der Waals surface area contributed by atoms with Crippen molar-refractivity contribution < 1.29 is 9.90 Å². The summed E-state index contributed by atoms with van der Waals surface area (Å²) in [7, 11) is 1.92. The second kappa shape index (κ2) is 5.34. The van der Waals surface area contributed by atoms with Crippen molar-refractivity contribution >= 4 is 27.6 Å². The normalized spacial score (nSPS) is 12.2. The van der Waals surface area contributed by atoms with Crippen molar-refractivity contribution in [2.24, 2.45) is 0 Å². The number of aromatic carboxylic acids is 1. The van der Waals surface area contributed by atoms with Crippen LogP contribution in [0, 0.1) is 0 Å². The molecule has 3 nitrogen and oxygen atoms in total. The summed E-state index contributed by atoms with van der Waals surface area (Å²) < 4.78 is 0.784. The maximum atomic E-state index is 11.1. The van der Waals surface area contributed by atoms with Crippen LogP contribution in [0.25, 0.3) is 0 Å². The molecule has 0 aliphatic heterocycles. The quantitative estimate of drug-likeness (QED) is 0.922. The molecule has 1 atom stereocenters. The van der Waals surface area contributed by atoms with Crippen LogP contribution < -0.4 is 4.90 Å². The van der Waals surface area contributed by atoms with E-state index < -0.39 is 5.97 Å². The minimum atomic E-state index is -0.897. The molecule has 0 saturated carbocycles. The highest BCUT2D eigenvalue weighted by Crippen LogP contribution is 2.25. The molecule has 0 radical (unpaired) electrons. The first-order chi connectivity index (χ1) is 7.47. The summed E-state index contributed by atoms with van der Waals surface area (Å²) in [5, 5.41) is 9.15. The van der Waals surface area contributed by atoms with Gasteiger partial charge in [-0.1, -0.05) is 22.9 Å². The van der Waals surface area contributed by atoms with Crippen LogP contribution in [0.2, 0.25) is 0 Å². The third kappa shape index (κ3) is 2.76. The zero-order valence-electron chi connectivity index (χ0n) is 9.70. The smallest absolute Gasteiger partial charge is 0.337 e. The van der Waals surface area contributed by atoms with Gasteiger partial charge in [0.1, 0.15) is 0 Å². The zero-order valence-corrected chi connectivity index (χ0v) is 11.3. The van der Waals surface area contributed by atoms with Gasteiger partial charge in [-0.05, 0) is 31.5 Å². The monoisotopic (exact) mass is 285 g/mol. The molecule has 0 spiro atoms. The van der Waals surface area contributed by atoms with E-state index in [2.05, 4.69) is 29.8 Å². The standard InChI is InChI=1S/C12H16BrNO2/c1-4-8(2)14(3)11-6-5-9(13)7-10(11)12(15)16/h5-8H,4H2,1-3H3,(H,15,16). The van der Waals surface area contributed by atoms with Crippen molar-refractivity contribution in [1.29, 1.82) is 0 Å². The highest BCUT2D eigenvalue weighted by Gasteiger charge is 2.16. The first-order valence-electron chi connectivity index (χ1n) is 5.23. The summed E-state index contributed by atoms with van der Waals surface area (Å²) >= 11 is 3.29. The third-order valence-corrected chi connectivity index (χ3v) is 3.31. The number of carboxylic acids is 1. The number of hydrogen-bond donors (Lipinski definition) is 1. The summed E-state index contributed by atoms with van der Waals surface area (Å²) in [5.74, 6) is -0.897. The lowest BCUT2D eigenvalue weighted by Crippen LogP contribution is -2.29. The van der Waals surface area contributed by atoms with E-state index in [0.717, 1.165) is 16.6 Å². The van der Waals surface area contributed by atoms with Gasteiger partial charge in [-0.3, -0.25) is 0 Å². The van der Waals surface area contributed by atoms with Crippen LogP contribution in [-0.2, 0) is 0 Å². The highest BCUT2D eigenvalue weighted by atomic mass is 79.9. The van der Waals surface area contributed by atoms with E-state index in [1.807, 2.05) is 24.1 Å². The number of nitrogens with zero attached hydrogens (tertiary/aromatic N) is 1. The Kier molecular flexibility index (Phi) is 4.35. The Hall–Kier alpha value is -1.03. The first-order valence-corrected chi connectivity index (χ1v) is 6.02. The average molecular weight is 286 g/mol. The molecule has 16 heavy (non-hydrogen) atoms. The number of halogens is 1. The molecule has 1 unspecified atom stereocenters. The molecular weight excluding hydrogens is 270 g/mol. The van der Waals surface area contributed by atoms with Crippen molar-refractivity contribution in [3.63, 3.8) is 0 Å². The first kappa shape index (κ1) is 13.0. The zero-order chi connectivity index (χ0) is 12.3. The van der Waals surface area contributed by atoms with Gasteiger partial charge in [-0.15, -0.1) is 0 Å². The Balaban J connectivity index is 3.17. The van der Waals surface area contributed by atoms with Gasteiger partial charge in [0, 0.05) is 17.6 Å². The van der Waals surface area contributed by atoms with Crippen molar-refractivity contribution in [2.75, 3.05) is 11.9 Å². The van der Waals surface area contributed by atoms with E-state index in [1.54, 1.807) is 6.07 Å².